The fourth-order valence-electron chi connectivity index (χ4n) is 1.19. The van der Waals surface area contributed by atoms with Crippen LogP contribution in [0, 0.1) is 0 Å². The third kappa shape index (κ3) is 14.1. The molecule has 0 fully saturated rings. The van der Waals surface area contributed by atoms with Gasteiger partial charge >= 0.3 is 0 Å². The minimum absolute atomic E-state index is 0.869. The lowest BCUT2D eigenvalue weighted by atomic mass is 10.2. The number of hydrogen-bond acceptors (Lipinski definition) is 3. The van der Waals surface area contributed by atoms with E-state index in [4.69, 9.17) is 0 Å². The van der Waals surface area contributed by atoms with E-state index in [1.54, 1.807) is 6.08 Å². The molecular formula is C16H27N3. The Morgan fingerprint density at radius 2 is 1.74 bits per heavy atom. The van der Waals surface area contributed by atoms with Gasteiger partial charge in [-0.15, -0.1) is 12.3 Å². The van der Waals surface area contributed by atoms with Gasteiger partial charge in [0.15, 0.2) is 0 Å². The van der Waals surface area contributed by atoms with Crippen molar-refractivity contribution >= 4 is 0 Å². The highest BCUT2D eigenvalue weighted by molar-refractivity contribution is 5.35. The summed E-state index contributed by atoms with van der Waals surface area (Å²) in [5, 5.41) is 6.22. The summed E-state index contributed by atoms with van der Waals surface area (Å²) >= 11 is 0. The molecule has 3 heteroatoms. The van der Waals surface area contributed by atoms with Crippen LogP contribution < -0.4 is 16.4 Å². The topological polar surface area (TPSA) is 50.1 Å². The zero-order valence-corrected chi connectivity index (χ0v) is 12.4. The van der Waals surface area contributed by atoms with Gasteiger partial charge in [0.05, 0.1) is 0 Å². The van der Waals surface area contributed by atoms with Gasteiger partial charge in [-0.25, -0.2) is 0 Å². The number of nitrogens with one attached hydrogen (secondary N) is 2. The van der Waals surface area contributed by atoms with Crippen molar-refractivity contribution in [3.63, 3.8) is 0 Å². The molecule has 0 amide bonds. The quantitative estimate of drug-likeness (QED) is 0.537. The number of hydrogen-bond donors (Lipinski definition) is 3. The van der Waals surface area contributed by atoms with Gasteiger partial charge in [0.1, 0.15) is 0 Å². The SMILES string of the molecule is C=CC.C=CN.CNCC1=C=CC=C(CNC)C=C1. The van der Waals surface area contributed by atoms with E-state index in [0.29, 0.717) is 0 Å². The summed E-state index contributed by atoms with van der Waals surface area (Å²) in [7, 11) is 3.89. The average Bonchev–Trinajstić information content (AvgIpc) is 2.58. The maximum Gasteiger partial charge on any atom is 0.0275 e. The highest BCUT2D eigenvalue weighted by Gasteiger charge is 1.94. The smallest absolute Gasteiger partial charge is 0.0275 e. The monoisotopic (exact) mass is 261 g/mol. The summed E-state index contributed by atoms with van der Waals surface area (Å²) in [6, 6.07) is 0. The third-order valence-corrected chi connectivity index (χ3v) is 1.81. The molecule has 1 aliphatic rings. The Balaban J connectivity index is 0. The summed E-state index contributed by atoms with van der Waals surface area (Å²) in [6.45, 7) is 10.2. The van der Waals surface area contributed by atoms with Crippen molar-refractivity contribution in [1.82, 2.24) is 10.6 Å². The van der Waals surface area contributed by atoms with Gasteiger partial charge in [0.25, 0.3) is 0 Å². The average molecular weight is 261 g/mol. The fourth-order valence-corrected chi connectivity index (χ4v) is 1.19. The highest BCUT2D eigenvalue weighted by atomic mass is 14.8. The van der Waals surface area contributed by atoms with Crippen LogP contribution in [-0.2, 0) is 0 Å². The van der Waals surface area contributed by atoms with Crippen molar-refractivity contribution in [2.75, 3.05) is 27.2 Å². The number of likely N-dealkylation sites (N-methyl/N-ethyl adjacent to an activating group) is 2. The molecule has 0 radical (unpaired) electrons. The van der Waals surface area contributed by atoms with Crippen LogP contribution in [0.15, 0.2) is 66.6 Å². The summed E-state index contributed by atoms with van der Waals surface area (Å²) in [5.41, 5.74) is 10.3. The standard InChI is InChI=1S/C11H16N2.C3H6.C2H5N/c1-12-8-10-4-3-5-11(7-6-10)9-13-2;1-3-2;1-2-3/h3-4,6-7,12-13H,8-9H2,1-2H3;3H,1H2,2H3;2H,1,3H2. The first-order valence-corrected chi connectivity index (χ1v) is 6.21. The van der Waals surface area contributed by atoms with Crippen molar-refractivity contribution in [2.45, 2.75) is 6.92 Å². The second kappa shape index (κ2) is 16.2. The molecule has 0 heterocycles. The molecule has 0 unspecified atom stereocenters. The van der Waals surface area contributed by atoms with Crippen molar-refractivity contribution in [1.29, 1.82) is 0 Å². The minimum atomic E-state index is 0.869. The molecule has 19 heavy (non-hydrogen) atoms. The molecule has 4 N–H and O–H groups in total. The van der Waals surface area contributed by atoms with Crippen molar-refractivity contribution in [3.8, 4) is 0 Å². The van der Waals surface area contributed by atoms with Crippen LogP contribution in [0.25, 0.3) is 0 Å². The van der Waals surface area contributed by atoms with Crippen molar-refractivity contribution in [2.24, 2.45) is 5.73 Å². The van der Waals surface area contributed by atoms with Gasteiger partial charge < -0.3 is 16.4 Å². The van der Waals surface area contributed by atoms with E-state index < -0.39 is 0 Å². The molecule has 0 aromatic rings. The molecule has 1 rings (SSSR count). The first kappa shape index (κ1) is 19.5. The minimum Gasteiger partial charge on any atom is -0.405 e. The summed E-state index contributed by atoms with van der Waals surface area (Å²) < 4.78 is 0. The lowest BCUT2D eigenvalue weighted by molar-refractivity contribution is 0.890. The number of allylic oxidation sites excluding steroid dienone is 2. The van der Waals surface area contributed by atoms with Crippen LogP contribution >= 0.6 is 0 Å². The zero-order valence-electron chi connectivity index (χ0n) is 12.4. The van der Waals surface area contributed by atoms with Gasteiger partial charge in [-0.05, 0) is 51.0 Å². The van der Waals surface area contributed by atoms with Crippen LogP contribution in [0.5, 0.6) is 0 Å². The zero-order chi connectivity index (χ0) is 14.9. The Kier molecular flexibility index (Phi) is 16.7. The molecule has 0 spiro atoms. The molecule has 0 aromatic heterocycles. The lowest BCUT2D eigenvalue weighted by Gasteiger charge is -1.98. The Morgan fingerprint density at radius 1 is 1.21 bits per heavy atom. The van der Waals surface area contributed by atoms with E-state index in [-0.39, 0.29) is 0 Å². The summed E-state index contributed by atoms with van der Waals surface area (Å²) in [6.07, 6.45) is 11.3. The van der Waals surface area contributed by atoms with Gasteiger partial charge in [-0.3, -0.25) is 0 Å². The second-order valence-corrected chi connectivity index (χ2v) is 3.62. The molecule has 0 aliphatic heterocycles. The van der Waals surface area contributed by atoms with Gasteiger partial charge in [-0.2, -0.15) is 0 Å². The maximum absolute atomic E-state index is 4.61. The second-order valence-electron chi connectivity index (χ2n) is 3.62. The molecule has 3 nitrogen and oxygen atoms in total. The maximum atomic E-state index is 4.61. The van der Waals surface area contributed by atoms with Crippen LogP contribution in [0.1, 0.15) is 6.92 Å². The fraction of sp³-hybridized carbons (Fsp3) is 0.312. The van der Waals surface area contributed by atoms with Crippen molar-refractivity contribution in [3.05, 3.63) is 66.6 Å². The van der Waals surface area contributed by atoms with E-state index in [1.165, 1.54) is 17.3 Å². The molecule has 0 atom stereocenters. The van der Waals surface area contributed by atoms with Crippen LogP contribution in [0.4, 0.5) is 0 Å². The molecule has 0 saturated carbocycles. The predicted octanol–water partition coefficient (Wildman–Crippen LogP) is 2.28. The Labute approximate surface area is 118 Å². The summed E-state index contributed by atoms with van der Waals surface area (Å²) in [4.78, 5) is 0. The Morgan fingerprint density at radius 3 is 2.21 bits per heavy atom. The van der Waals surface area contributed by atoms with E-state index in [9.17, 15) is 0 Å². The van der Waals surface area contributed by atoms with E-state index in [1.807, 2.05) is 27.1 Å². The van der Waals surface area contributed by atoms with Crippen LogP contribution in [0.3, 0.4) is 0 Å². The number of rotatable bonds is 4. The number of nitrogens with two attached hydrogens (primary N) is 1. The third-order valence-electron chi connectivity index (χ3n) is 1.81. The van der Waals surface area contributed by atoms with E-state index in [0.717, 1.165) is 13.1 Å². The molecular weight excluding hydrogens is 234 g/mol. The molecule has 106 valence electrons. The largest absolute Gasteiger partial charge is 0.405 e. The van der Waals surface area contributed by atoms with E-state index in [2.05, 4.69) is 53.5 Å². The van der Waals surface area contributed by atoms with Crippen LogP contribution in [0.2, 0.25) is 0 Å². The lowest BCUT2D eigenvalue weighted by Crippen LogP contribution is -2.09. The van der Waals surface area contributed by atoms with Gasteiger partial charge in [0.2, 0.25) is 0 Å². The molecule has 0 aromatic carbocycles. The van der Waals surface area contributed by atoms with Gasteiger partial charge in [0, 0.05) is 18.7 Å². The predicted molar refractivity (Wildman–Crippen MR) is 86.9 cm³/mol. The molecule has 0 bridgehead atoms. The molecule has 1 aliphatic carbocycles. The Bertz CT molecular complexity index is 350. The van der Waals surface area contributed by atoms with Gasteiger partial charge in [-0.1, -0.05) is 18.7 Å². The first-order valence-electron chi connectivity index (χ1n) is 6.21. The van der Waals surface area contributed by atoms with Crippen molar-refractivity contribution < 1.29 is 0 Å². The first-order chi connectivity index (χ1) is 9.19. The Hall–Kier alpha value is -1.80. The summed E-state index contributed by atoms with van der Waals surface area (Å²) in [5.74, 6) is 0. The molecule has 0 saturated heterocycles. The highest BCUT2D eigenvalue weighted by Crippen LogP contribution is 2.04. The normalized spacial score (nSPS) is 11.7. The van der Waals surface area contributed by atoms with E-state index >= 15 is 0 Å². The van der Waals surface area contributed by atoms with Crippen LogP contribution in [-0.4, -0.2) is 27.2 Å².